The maximum absolute atomic E-state index is 14.4. The number of ketones is 1. The van der Waals surface area contributed by atoms with Gasteiger partial charge in [-0.15, -0.1) is 0 Å². The van der Waals surface area contributed by atoms with E-state index in [1.54, 1.807) is 54.5 Å². The lowest BCUT2D eigenvalue weighted by Crippen LogP contribution is -2.42. The normalized spacial score (nSPS) is 20.6. The molecule has 2 heterocycles. The van der Waals surface area contributed by atoms with E-state index in [4.69, 9.17) is 11.6 Å². The summed E-state index contributed by atoms with van der Waals surface area (Å²) in [4.78, 5) is 14.8. The number of halogens is 1. The van der Waals surface area contributed by atoms with Crippen LogP contribution in [-0.4, -0.2) is 56.8 Å². The van der Waals surface area contributed by atoms with Gasteiger partial charge in [-0.05, 0) is 80.3 Å². The number of fused-ring (bicyclic) bond motifs is 1. The van der Waals surface area contributed by atoms with E-state index in [2.05, 4.69) is 21.0 Å². The Bertz CT molecular complexity index is 1800. The van der Waals surface area contributed by atoms with Crippen molar-refractivity contribution in [2.24, 2.45) is 29.3 Å². The van der Waals surface area contributed by atoms with E-state index < -0.39 is 15.9 Å². The van der Waals surface area contributed by atoms with Gasteiger partial charge in [-0.1, -0.05) is 31.2 Å². The van der Waals surface area contributed by atoms with Crippen molar-refractivity contribution in [3.05, 3.63) is 100 Å². The summed E-state index contributed by atoms with van der Waals surface area (Å²) < 4.78 is 43.1. The molecule has 248 valence electrons. The van der Waals surface area contributed by atoms with Gasteiger partial charge in [-0.25, -0.2) is 23.4 Å². The number of nitrogens with zero attached hydrogens (tertiary/aromatic N) is 3. The lowest BCUT2D eigenvalue weighted by Gasteiger charge is -2.33. The predicted molar refractivity (Wildman–Crippen MR) is 180 cm³/mol. The third-order valence-electron chi connectivity index (χ3n) is 9.25. The zero-order valence-electron chi connectivity index (χ0n) is 27.0. The molecule has 2 atom stereocenters. The van der Waals surface area contributed by atoms with E-state index >= 15 is 0 Å². The van der Waals surface area contributed by atoms with Crippen LogP contribution < -0.4 is 21.6 Å². The first-order valence-electron chi connectivity index (χ1n) is 15.8. The predicted octanol–water partition coefficient (Wildman–Crippen LogP) is 3.95. The first kappa shape index (κ1) is 34.1. The fourth-order valence-electron chi connectivity index (χ4n) is 6.71. The van der Waals surface area contributed by atoms with E-state index in [0.29, 0.717) is 41.5 Å². The molecule has 12 heteroatoms. The summed E-state index contributed by atoms with van der Waals surface area (Å²) in [5, 5.41) is 14.2. The van der Waals surface area contributed by atoms with Crippen molar-refractivity contribution in [3.8, 4) is 17.2 Å². The van der Waals surface area contributed by atoms with E-state index in [1.165, 1.54) is 13.0 Å². The Hall–Kier alpha value is -4.28. The lowest BCUT2D eigenvalue weighted by atomic mass is 9.81. The molecular formula is C35H42FN7O3S. The van der Waals surface area contributed by atoms with Crippen molar-refractivity contribution >= 4 is 15.8 Å². The van der Waals surface area contributed by atoms with Crippen molar-refractivity contribution in [1.29, 1.82) is 5.26 Å². The molecule has 2 aromatic rings. The monoisotopic (exact) mass is 659 g/mol. The summed E-state index contributed by atoms with van der Waals surface area (Å²) in [6, 6.07) is 14.3. The number of aryl methyl sites for hydroxylation is 1. The number of hydrogen-bond donors (Lipinski definition) is 4. The number of Topliss-reactive ketones (excluding diaryl/α,β-unsaturated/α-hetero) is 1. The zero-order valence-corrected chi connectivity index (χ0v) is 27.8. The second-order valence-electron chi connectivity index (χ2n) is 12.5. The van der Waals surface area contributed by atoms with Gasteiger partial charge >= 0.3 is 0 Å². The molecule has 10 nitrogen and oxygen atoms in total. The van der Waals surface area contributed by atoms with E-state index in [9.17, 15) is 22.9 Å². The summed E-state index contributed by atoms with van der Waals surface area (Å²) in [6.45, 7) is 8.17. The molecule has 0 radical (unpaired) electrons. The molecule has 0 saturated carbocycles. The number of piperidine rings is 1. The molecule has 5 rings (SSSR count). The zero-order chi connectivity index (χ0) is 33.9. The molecule has 2 unspecified atom stereocenters. The number of allylic oxidation sites excluding steroid dienone is 6. The van der Waals surface area contributed by atoms with Crippen LogP contribution >= 0.6 is 0 Å². The highest BCUT2D eigenvalue weighted by molar-refractivity contribution is 7.89. The van der Waals surface area contributed by atoms with Gasteiger partial charge in [0.2, 0.25) is 10.0 Å². The first-order chi connectivity index (χ1) is 22.4. The molecule has 1 aliphatic carbocycles. The Labute approximate surface area is 276 Å². The third kappa shape index (κ3) is 7.49. The van der Waals surface area contributed by atoms with Crippen molar-refractivity contribution in [2.75, 3.05) is 32.7 Å². The molecule has 2 aliphatic heterocycles. The van der Waals surface area contributed by atoms with Gasteiger partial charge in [-0.2, -0.15) is 5.26 Å². The van der Waals surface area contributed by atoms with Crippen molar-refractivity contribution in [3.63, 3.8) is 0 Å². The van der Waals surface area contributed by atoms with Crippen molar-refractivity contribution in [2.45, 2.75) is 38.5 Å². The Kier molecular flexibility index (Phi) is 10.3. The SMILES string of the molecule is CC(=O)C1=C(/C(N)=C/N(N)CC2CCN(CCNS(=O)(=O)c3ccc(-c4c(C)cccc4C#N)cc3)CC2)C2C(=CC=C(F)C2C)N1. The second-order valence-corrected chi connectivity index (χ2v) is 14.3. The highest BCUT2D eigenvalue weighted by atomic mass is 32.2. The maximum atomic E-state index is 14.4. The van der Waals surface area contributed by atoms with Crippen LogP contribution in [0.15, 0.2) is 94.2 Å². The number of carbonyl (C=O) groups excluding carboxylic acids is 1. The molecule has 0 spiro atoms. The van der Waals surface area contributed by atoms with Gasteiger partial charge in [0.1, 0.15) is 5.83 Å². The molecule has 6 N–H and O–H groups in total. The Balaban J connectivity index is 1.11. The van der Waals surface area contributed by atoms with Crippen molar-refractivity contribution in [1.82, 2.24) is 19.9 Å². The number of nitriles is 1. The minimum absolute atomic E-state index is 0.175. The molecular weight excluding hydrogens is 617 g/mol. The lowest BCUT2D eigenvalue weighted by molar-refractivity contribution is -0.113. The Morgan fingerprint density at radius 1 is 1.19 bits per heavy atom. The summed E-state index contributed by atoms with van der Waals surface area (Å²) in [7, 11) is -3.69. The minimum Gasteiger partial charge on any atom is -0.397 e. The molecule has 0 aromatic heterocycles. The quantitative estimate of drug-likeness (QED) is 0.207. The number of hydrazine groups is 1. The fourth-order valence-corrected chi connectivity index (χ4v) is 7.73. The highest BCUT2D eigenvalue weighted by Crippen LogP contribution is 2.43. The smallest absolute Gasteiger partial charge is 0.240 e. The Morgan fingerprint density at radius 3 is 2.55 bits per heavy atom. The topological polar surface area (TPSA) is 158 Å². The largest absolute Gasteiger partial charge is 0.397 e. The Morgan fingerprint density at radius 2 is 1.89 bits per heavy atom. The summed E-state index contributed by atoms with van der Waals surface area (Å²) in [5.41, 5.74) is 11.6. The van der Waals surface area contributed by atoms with Gasteiger partial charge in [0, 0.05) is 61.4 Å². The van der Waals surface area contributed by atoms with E-state index in [1.807, 2.05) is 19.1 Å². The average Bonchev–Trinajstić information content (AvgIpc) is 3.45. The van der Waals surface area contributed by atoms with E-state index in [-0.39, 0.29) is 29.0 Å². The van der Waals surface area contributed by atoms with Gasteiger partial charge in [-0.3, -0.25) is 4.79 Å². The number of rotatable bonds is 11. The minimum atomic E-state index is -3.69. The highest BCUT2D eigenvalue weighted by Gasteiger charge is 2.40. The number of carbonyl (C=O) groups is 1. The maximum Gasteiger partial charge on any atom is 0.240 e. The van der Waals surface area contributed by atoms with Crippen LogP contribution in [0.2, 0.25) is 0 Å². The summed E-state index contributed by atoms with van der Waals surface area (Å²) in [6.07, 6.45) is 6.46. The molecule has 0 bridgehead atoms. The molecule has 0 amide bonds. The molecule has 1 saturated heterocycles. The molecule has 3 aliphatic rings. The number of likely N-dealkylation sites (tertiary alicyclic amines) is 1. The van der Waals surface area contributed by atoms with Crippen molar-refractivity contribution < 1.29 is 17.6 Å². The van der Waals surface area contributed by atoms with Crippen LogP contribution in [0, 0.1) is 36.0 Å². The first-order valence-corrected chi connectivity index (χ1v) is 17.3. The molecule has 1 fully saturated rings. The van der Waals surface area contributed by atoms with E-state index in [0.717, 1.165) is 48.3 Å². The van der Waals surface area contributed by atoms with Gasteiger partial charge in [0.15, 0.2) is 5.78 Å². The van der Waals surface area contributed by atoms with Crippen LogP contribution in [0.4, 0.5) is 4.39 Å². The number of nitrogens with two attached hydrogens (primary N) is 2. The number of benzene rings is 2. The number of nitrogens with one attached hydrogen (secondary N) is 2. The fraction of sp³-hybridized carbons (Fsp3) is 0.371. The van der Waals surface area contributed by atoms with Gasteiger partial charge in [0.05, 0.1) is 27.9 Å². The van der Waals surface area contributed by atoms with Crippen LogP contribution in [-0.2, 0) is 14.8 Å². The standard InChI is InChI=1S/C35H42FN7O3S/c1-22-5-4-6-27(19-37)32(22)26-7-9-28(10-8-26)47(45,46)40-15-18-42-16-13-25(14-17-42)20-43(39)21-30(38)34-33-23(2)29(36)11-12-31(33)41-35(34)24(3)44/h4-12,21,23,25,33,40-41H,13-18,20,38-39H2,1-3H3/b30-21-. The van der Waals surface area contributed by atoms with Crippen LogP contribution in [0.3, 0.4) is 0 Å². The summed E-state index contributed by atoms with van der Waals surface area (Å²) >= 11 is 0. The van der Waals surface area contributed by atoms with Crippen LogP contribution in [0.5, 0.6) is 0 Å². The summed E-state index contributed by atoms with van der Waals surface area (Å²) in [5.74, 6) is 5.39. The number of hydrogen-bond acceptors (Lipinski definition) is 9. The molecule has 2 aromatic carbocycles. The number of sulfonamides is 1. The second kappa shape index (κ2) is 14.2. The van der Waals surface area contributed by atoms with Crippen LogP contribution in [0.1, 0.15) is 37.8 Å². The van der Waals surface area contributed by atoms with Gasteiger partial charge < -0.3 is 21.0 Å². The third-order valence-corrected chi connectivity index (χ3v) is 10.7. The molecule has 47 heavy (non-hydrogen) atoms. The van der Waals surface area contributed by atoms with Crippen LogP contribution in [0.25, 0.3) is 11.1 Å². The van der Waals surface area contributed by atoms with Gasteiger partial charge in [0.25, 0.3) is 0 Å². The average molecular weight is 660 g/mol.